The van der Waals surface area contributed by atoms with Gasteiger partial charge in [-0.1, -0.05) is 18.2 Å². The second-order valence-corrected chi connectivity index (χ2v) is 5.54. The van der Waals surface area contributed by atoms with Gasteiger partial charge in [0, 0.05) is 19.2 Å². The Morgan fingerprint density at radius 2 is 2.09 bits per heavy atom. The minimum absolute atomic E-state index is 0.0601. The standard InChI is InChI=1S/C16H19N5O2/c1-12(22)20-9-5-8-14(20)16(23)17-10-15-19-18-11-21(15)13-6-3-2-4-7-13/h2-4,6-7,11,14H,5,8-10H2,1H3,(H,17,23)/t14-/m0/s1. The molecular formula is C16H19N5O2. The summed E-state index contributed by atoms with van der Waals surface area (Å²) in [5.74, 6) is 0.451. The molecular weight excluding hydrogens is 294 g/mol. The van der Waals surface area contributed by atoms with Crippen LogP contribution in [-0.2, 0) is 16.1 Å². The van der Waals surface area contributed by atoms with Crippen molar-refractivity contribution in [3.05, 3.63) is 42.5 Å². The summed E-state index contributed by atoms with van der Waals surface area (Å²) in [5.41, 5.74) is 0.938. The van der Waals surface area contributed by atoms with E-state index < -0.39 is 0 Å². The van der Waals surface area contributed by atoms with Crippen molar-refractivity contribution in [1.29, 1.82) is 0 Å². The Bertz CT molecular complexity index is 698. The Labute approximate surface area is 134 Å². The van der Waals surface area contributed by atoms with Crippen LogP contribution in [0.5, 0.6) is 0 Å². The van der Waals surface area contributed by atoms with Crippen LogP contribution in [-0.4, -0.2) is 44.1 Å². The Hall–Kier alpha value is -2.70. The van der Waals surface area contributed by atoms with Crippen LogP contribution in [0.25, 0.3) is 5.69 Å². The van der Waals surface area contributed by atoms with Crippen molar-refractivity contribution in [3.8, 4) is 5.69 Å². The predicted octanol–water partition coefficient (Wildman–Crippen LogP) is 0.894. The zero-order chi connectivity index (χ0) is 16.2. The molecule has 7 heteroatoms. The first-order valence-corrected chi connectivity index (χ1v) is 7.66. The lowest BCUT2D eigenvalue weighted by Gasteiger charge is -2.22. The summed E-state index contributed by atoms with van der Waals surface area (Å²) in [6, 6.07) is 9.32. The van der Waals surface area contributed by atoms with E-state index >= 15 is 0 Å². The summed E-state index contributed by atoms with van der Waals surface area (Å²) in [6.45, 7) is 2.42. The number of para-hydroxylation sites is 1. The third-order valence-electron chi connectivity index (χ3n) is 4.03. The second kappa shape index (κ2) is 6.60. The lowest BCUT2D eigenvalue weighted by Crippen LogP contribution is -2.45. The van der Waals surface area contributed by atoms with Gasteiger partial charge in [0.25, 0.3) is 0 Å². The molecule has 3 rings (SSSR count). The maximum Gasteiger partial charge on any atom is 0.243 e. The number of aromatic nitrogens is 3. The maximum absolute atomic E-state index is 12.3. The molecule has 0 unspecified atom stereocenters. The molecule has 0 bridgehead atoms. The van der Waals surface area contributed by atoms with E-state index in [1.54, 1.807) is 11.2 Å². The number of nitrogens with one attached hydrogen (secondary N) is 1. The van der Waals surface area contributed by atoms with Gasteiger partial charge < -0.3 is 10.2 Å². The van der Waals surface area contributed by atoms with Crippen LogP contribution < -0.4 is 5.32 Å². The monoisotopic (exact) mass is 313 g/mol. The fraction of sp³-hybridized carbons (Fsp3) is 0.375. The Morgan fingerprint density at radius 1 is 1.30 bits per heavy atom. The third kappa shape index (κ3) is 3.23. The van der Waals surface area contributed by atoms with Crippen molar-refractivity contribution >= 4 is 11.8 Å². The van der Waals surface area contributed by atoms with Gasteiger partial charge in [0.15, 0.2) is 5.82 Å². The SMILES string of the molecule is CC(=O)N1CCC[C@H]1C(=O)NCc1nncn1-c1ccccc1. The van der Waals surface area contributed by atoms with Crippen LogP contribution in [0.15, 0.2) is 36.7 Å². The van der Waals surface area contributed by atoms with E-state index in [0.29, 0.717) is 18.8 Å². The molecule has 2 aromatic rings. The van der Waals surface area contributed by atoms with Crippen molar-refractivity contribution in [2.45, 2.75) is 32.4 Å². The summed E-state index contributed by atoms with van der Waals surface area (Å²) in [5, 5.41) is 10.8. The number of benzene rings is 1. The van der Waals surface area contributed by atoms with E-state index in [0.717, 1.165) is 12.1 Å². The zero-order valence-corrected chi connectivity index (χ0v) is 13.0. The van der Waals surface area contributed by atoms with Gasteiger partial charge in [-0.25, -0.2) is 0 Å². The highest BCUT2D eigenvalue weighted by Crippen LogP contribution is 2.17. The lowest BCUT2D eigenvalue weighted by atomic mass is 10.2. The first kappa shape index (κ1) is 15.2. The summed E-state index contributed by atoms with van der Waals surface area (Å²) in [6.07, 6.45) is 3.18. The molecule has 1 atom stereocenters. The Kier molecular flexibility index (Phi) is 4.36. The third-order valence-corrected chi connectivity index (χ3v) is 4.03. The van der Waals surface area contributed by atoms with Crippen LogP contribution >= 0.6 is 0 Å². The molecule has 2 amide bonds. The highest BCUT2D eigenvalue weighted by molar-refractivity contribution is 5.87. The summed E-state index contributed by atoms with van der Waals surface area (Å²) in [4.78, 5) is 25.5. The molecule has 1 fully saturated rings. The maximum atomic E-state index is 12.3. The molecule has 0 radical (unpaired) electrons. The van der Waals surface area contributed by atoms with E-state index in [4.69, 9.17) is 0 Å². The van der Waals surface area contributed by atoms with E-state index in [9.17, 15) is 9.59 Å². The number of rotatable bonds is 4. The minimum Gasteiger partial charge on any atom is -0.347 e. The van der Waals surface area contributed by atoms with E-state index in [1.165, 1.54) is 6.92 Å². The molecule has 1 saturated heterocycles. The first-order chi connectivity index (χ1) is 11.2. The lowest BCUT2D eigenvalue weighted by molar-refractivity contribution is -0.136. The van der Waals surface area contributed by atoms with Crippen molar-refractivity contribution < 1.29 is 9.59 Å². The van der Waals surface area contributed by atoms with Crippen molar-refractivity contribution in [1.82, 2.24) is 25.0 Å². The molecule has 23 heavy (non-hydrogen) atoms. The van der Waals surface area contributed by atoms with Crippen LogP contribution in [0.2, 0.25) is 0 Å². The quantitative estimate of drug-likeness (QED) is 0.909. The Morgan fingerprint density at radius 3 is 2.83 bits per heavy atom. The van der Waals surface area contributed by atoms with Crippen molar-refractivity contribution in [2.24, 2.45) is 0 Å². The van der Waals surface area contributed by atoms with Crippen LogP contribution in [0, 0.1) is 0 Å². The van der Waals surface area contributed by atoms with E-state index in [-0.39, 0.29) is 24.4 Å². The summed E-state index contributed by atoms with van der Waals surface area (Å²) >= 11 is 0. The van der Waals surface area contributed by atoms with Crippen molar-refractivity contribution in [3.63, 3.8) is 0 Å². The van der Waals surface area contributed by atoms with Crippen LogP contribution in [0.4, 0.5) is 0 Å². The molecule has 1 N–H and O–H groups in total. The first-order valence-electron chi connectivity index (χ1n) is 7.66. The average molecular weight is 313 g/mol. The smallest absolute Gasteiger partial charge is 0.243 e. The number of hydrogen-bond donors (Lipinski definition) is 1. The summed E-state index contributed by atoms with van der Waals surface area (Å²) < 4.78 is 1.83. The average Bonchev–Trinajstić information content (AvgIpc) is 3.22. The van der Waals surface area contributed by atoms with Crippen LogP contribution in [0.3, 0.4) is 0 Å². The number of carbonyl (C=O) groups excluding carboxylic acids is 2. The van der Waals surface area contributed by atoms with Gasteiger partial charge in [0.1, 0.15) is 12.4 Å². The van der Waals surface area contributed by atoms with Gasteiger partial charge in [-0.05, 0) is 25.0 Å². The molecule has 1 aliphatic heterocycles. The molecule has 120 valence electrons. The number of hydrogen-bond acceptors (Lipinski definition) is 4. The van der Waals surface area contributed by atoms with Crippen LogP contribution in [0.1, 0.15) is 25.6 Å². The van der Waals surface area contributed by atoms with Gasteiger partial charge in [0.2, 0.25) is 11.8 Å². The zero-order valence-electron chi connectivity index (χ0n) is 13.0. The summed E-state index contributed by atoms with van der Waals surface area (Å²) in [7, 11) is 0. The molecule has 1 aliphatic rings. The van der Waals surface area contributed by atoms with Gasteiger partial charge in [-0.3, -0.25) is 14.2 Å². The largest absolute Gasteiger partial charge is 0.347 e. The number of amides is 2. The predicted molar refractivity (Wildman–Crippen MR) is 83.6 cm³/mol. The molecule has 7 nitrogen and oxygen atoms in total. The number of likely N-dealkylation sites (tertiary alicyclic amines) is 1. The van der Waals surface area contributed by atoms with Gasteiger partial charge in [-0.15, -0.1) is 10.2 Å². The molecule has 1 aromatic carbocycles. The van der Waals surface area contributed by atoms with Crippen molar-refractivity contribution in [2.75, 3.05) is 6.54 Å². The number of nitrogens with zero attached hydrogens (tertiary/aromatic N) is 4. The molecule has 0 aliphatic carbocycles. The highest BCUT2D eigenvalue weighted by Gasteiger charge is 2.32. The van der Waals surface area contributed by atoms with Gasteiger partial charge >= 0.3 is 0 Å². The highest BCUT2D eigenvalue weighted by atomic mass is 16.2. The molecule has 0 spiro atoms. The van der Waals surface area contributed by atoms with E-state index in [1.807, 2.05) is 34.9 Å². The van der Waals surface area contributed by atoms with Gasteiger partial charge in [-0.2, -0.15) is 0 Å². The normalized spacial score (nSPS) is 17.3. The Balaban J connectivity index is 1.66. The molecule has 0 saturated carbocycles. The molecule has 2 heterocycles. The minimum atomic E-state index is -0.374. The van der Waals surface area contributed by atoms with Gasteiger partial charge in [0.05, 0.1) is 6.54 Å². The topological polar surface area (TPSA) is 80.1 Å². The second-order valence-electron chi connectivity index (χ2n) is 5.54. The fourth-order valence-corrected chi connectivity index (χ4v) is 2.88. The fourth-order valence-electron chi connectivity index (χ4n) is 2.88. The molecule has 1 aromatic heterocycles. The van der Waals surface area contributed by atoms with E-state index in [2.05, 4.69) is 15.5 Å². The number of carbonyl (C=O) groups is 2.